The number of carbonyl (C=O) groups excluding carboxylic acids is 4. The molecule has 8 rings (SSSR count). The Morgan fingerprint density at radius 3 is 1.30 bits per heavy atom. The van der Waals surface area contributed by atoms with Gasteiger partial charge in [-0.05, 0) is 71.6 Å². The summed E-state index contributed by atoms with van der Waals surface area (Å²) in [6.45, 7) is 7.67. The van der Waals surface area contributed by atoms with Crippen molar-refractivity contribution in [3.63, 3.8) is 0 Å². The normalized spacial score (nSPS) is 24.4. The summed E-state index contributed by atoms with van der Waals surface area (Å²) in [7, 11) is 2.60. The van der Waals surface area contributed by atoms with Crippen molar-refractivity contribution in [1.29, 1.82) is 0 Å². The molecule has 4 heterocycles. The zero-order chi connectivity index (χ0) is 39.4. The lowest BCUT2D eigenvalue weighted by molar-refractivity contribution is -0.137. The fraction of sp³-hybridized carbons (Fsp3) is 0.476. The van der Waals surface area contributed by atoms with E-state index < -0.39 is 24.3 Å². The second-order valence-corrected chi connectivity index (χ2v) is 16.4. The van der Waals surface area contributed by atoms with Gasteiger partial charge in [-0.1, -0.05) is 76.2 Å². The second kappa shape index (κ2) is 14.8. The number of ether oxygens (including phenoxy) is 2. The summed E-state index contributed by atoms with van der Waals surface area (Å²) >= 11 is 0. The van der Waals surface area contributed by atoms with Crippen molar-refractivity contribution < 1.29 is 28.7 Å². The number of nitrogens with one attached hydrogen (secondary N) is 4. The van der Waals surface area contributed by atoms with Crippen LogP contribution in [0.15, 0.2) is 60.9 Å². The average Bonchev–Trinajstić information content (AvgIpc) is 3.79. The van der Waals surface area contributed by atoms with E-state index in [4.69, 9.17) is 19.4 Å². The molecule has 2 unspecified atom stereocenters. The number of aromatic nitrogens is 4. The van der Waals surface area contributed by atoms with Crippen LogP contribution in [0.1, 0.15) is 77.1 Å². The van der Waals surface area contributed by atoms with Gasteiger partial charge in [-0.15, -0.1) is 0 Å². The Balaban J connectivity index is 0.931. The van der Waals surface area contributed by atoms with Gasteiger partial charge in [-0.25, -0.2) is 19.6 Å². The molecule has 14 heteroatoms. The Bertz CT molecular complexity index is 1960. The van der Waals surface area contributed by atoms with Crippen molar-refractivity contribution in [2.24, 2.45) is 23.7 Å². The highest BCUT2D eigenvalue weighted by Crippen LogP contribution is 2.54. The fourth-order valence-electron chi connectivity index (χ4n) is 8.74. The highest BCUT2D eigenvalue weighted by atomic mass is 16.5. The van der Waals surface area contributed by atoms with Gasteiger partial charge in [0.05, 0.1) is 50.1 Å². The number of alkyl carbamates (subject to hydrolysis) is 2. The number of carbonyl (C=O) groups is 4. The number of imidazole rings is 2. The molecule has 4 aliphatic rings. The number of hydrogen-bond acceptors (Lipinski definition) is 8. The van der Waals surface area contributed by atoms with Crippen LogP contribution < -0.4 is 10.6 Å². The van der Waals surface area contributed by atoms with Gasteiger partial charge in [0.25, 0.3) is 0 Å². The molecule has 294 valence electrons. The zero-order valence-corrected chi connectivity index (χ0v) is 32.6. The van der Waals surface area contributed by atoms with E-state index in [1.807, 2.05) is 49.9 Å². The number of amides is 4. The van der Waals surface area contributed by atoms with Crippen LogP contribution >= 0.6 is 0 Å². The maximum Gasteiger partial charge on any atom is 0.407 e. The molecular formula is C42H50N8O6. The van der Waals surface area contributed by atoms with Crippen molar-refractivity contribution in [2.75, 3.05) is 14.2 Å². The number of hydrogen-bond donors (Lipinski definition) is 4. The first kappa shape index (κ1) is 37.3. The quantitative estimate of drug-likeness (QED) is 0.139. The van der Waals surface area contributed by atoms with E-state index in [-0.39, 0.29) is 47.8 Å². The number of rotatable bonds is 11. The van der Waals surface area contributed by atoms with Crippen molar-refractivity contribution in [3.8, 4) is 33.6 Å². The summed E-state index contributed by atoms with van der Waals surface area (Å²) in [5, 5.41) is 5.47. The number of fused-ring (bicyclic) bond motifs is 2. The van der Waals surface area contributed by atoms with E-state index in [2.05, 4.69) is 69.1 Å². The van der Waals surface area contributed by atoms with Gasteiger partial charge in [-0.2, -0.15) is 0 Å². The van der Waals surface area contributed by atoms with Crippen molar-refractivity contribution in [1.82, 2.24) is 40.4 Å². The number of aromatic amines is 2. The first-order valence-corrected chi connectivity index (χ1v) is 19.6. The SMILES string of the molecule is COC(=O)N[C@H](C(=O)N1C(c2ncc(-c3ccc(-c4ccc(-c5cnc(C6C[C@H]7C[C@H]7N6C(=O)[C@@H](NC(=O)OC)C(C)C)[nH]5)cc4)cc3)[nH]2)C[C@H]2C[C@H]21)C(C)C. The molecule has 4 N–H and O–H groups in total. The van der Waals surface area contributed by atoms with Crippen LogP contribution in [-0.4, -0.2) is 92.1 Å². The Hall–Kier alpha value is -5.66. The molecule has 14 nitrogen and oxygen atoms in total. The van der Waals surface area contributed by atoms with E-state index in [0.29, 0.717) is 11.8 Å². The van der Waals surface area contributed by atoms with Crippen LogP contribution in [0, 0.1) is 23.7 Å². The summed E-state index contributed by atoms with van der Waals surface area (Å²) < 4.78 is 9.58. The highest BCUT2D eigenvalue weighted by Gasteiger charge is 2.57. The topological polar surface area (TPSA) is 175 Å². The third-order valence-electron chi connectivity index (χ3n) is 12.0. The summed E-state index contributed by atoms with van der Waals surface area (Å²) in [5.41, 5.74) is 5.85. The zero-order valence-electron chi connectivity index (χ0n) is 32.6. The van der Waals surface area contributed by atoms with E-state index in [1.54, 1.807) is 0 Å². The van der Waals surface area contributed by atoms with Crippen LogP contribution in [0.4, 0.5) is 9.59 Å². The van der Waals surface area contributed by atoms with E-state index in [1.165, 1.54) is 14.2 Å². The van der Waals surface area contributed by atoms with Crippen molar-refractivity contribution >= 4 is 24.0 Å². The average molecular weight is 763 g/mol. The molecule has 0 bridgehead atoms. The second-order valence-electron chi connectivity index (χ2n) is 16.4. The predicted octanol–water partition coefficient (Wildman–Crippen LogP) is 6.22. The first-order valence-electron chi connectivity index (χ1n) is 19.6. The van der Waals surface area contributed by atoms with Gasteiger partial charge >= 0.3 is 12.2 Å². The lowest BCUT2D eigenvalue weighted by Crippen LogP contribution is -2.52. The standard InChI is InChI=1S/C42H50N8O6/c1-21(2)35(47-41(53)55-5)39(51)49-31-15-27(31)17-33(49)37-43-19-29(45-37)25-11-7-23(8-12-25)24-9-13-26(14-10-24)30-20-44-38(46-30)34-18-28-16-32(28)50(34)40(52)36(22(3)4)48-42(54)56-6/h7-14,19-22,27-28,31-36H,15-18H2,1-6H3,(H,43,45)(H,44,46)(H,47,53)(H,48,54)/t27-,28-,31-,32-,33?,34?,35+,36+/m1/s1. The number of benzene rings is 2. The Kier molecular flexibility index (Phi) is 9.83. The first-order chi connectivity index (χ1) is 26.9. The molecule has 2 aliphatic carbocycles. The number of likely N-dealkylation sites (tertiary alicyclic amines) is 2. The predicted molar refractivity (Wildman–Crippen MR) is 208 cm³/mol. The molecule has 4 fully saturated rings. The summed E-state index contributed by atoms with van der Waals surface area (Å²) in [4.78, 5) is 71.9. The van der Waals surface area contributed by atoms with Gasteiger partial charge in [0.1, 0.15) is 23.7 Å². The van der Waals surface area contributed by atoms with E-state index in [9.17, 15) is 19.2 Å². The van der Waals surface area contributed by atoms with E-state index >= 15 is 0 Å². The Morgan fingerprint density at radius 2 is 0.964 bits per heavy atom. The minimum absolute atomic E-state index is 0.0971. The van der Waals surface area contributed by atoms with Crippen LogP contribution in [0.2, 0.25) is 0 Å². The number of H-pyrrole nitrogens is 2. The third kappa shape index (κ3) is 7.01. The van der Waals surface area contributed by atoms with Crippen LogP contribution in [0.25, 0.3) is 33.6 Å². The minimum atomic E-state index is -0.676. The van der Waals surface area contributed by atoms with E-state index in [0.717, 1.165) is 71.0 Å². The monoisotopic (exact) mass is 762 g/mol. The van der Waals surface area contributed by atoms with Crippen LogP contribution in [0.3, 0.4) is 0 Å². The summed E-state index contributed by atoms with van der Waals surface area (Å²) in [6, 6.07) is 15.2. The van der Waals surface area contributed by atoms with Gasteiger partial charge < -0.3 is 39.9 Å². The maximum absolute atomic E-state index is 13.8. The number of methoxy groups -OCH3 is 2. The molecule has 0 radical (unpaired) electrons. The fourth-order valence-corrected chi connectivity index (χ4v) is 8.74. The molecule has 4 aromatic rings. The van der Waals surface area contributed by atoms with Gasteiger partial charge in [0.15, 0.2) is 0 Å². The number of nitrogens with zero attached hydrogens (tertiary/aromatic N) is 4. The summed E-state index contributed by atoms with van der Waals surface area (Å²) in [6.07, 6.45) is 6.06. The van der Waals surface area contributed by atoms with Crippen molar-refractivity contribution in [3.05, 3.63) is 72.6 Å². The molecule has 2 aromatic heterocycles. The van der Waals surface area contributed by atoms with Gasteiger partial charge in [0.2, 0.25) is 11.8 Å². The molecule has 0 spiro atoms. The van der Waals surface area contributed by atoms with Crippen LogP contribution in [-0.2, 0) is 19.1 Å². The molecule has 8 atom stereocenters. The molecule has 2 saturated carbocycles. The lowest BCUT2D eigenvalue weighted by atomic mass is 10.0. The smallest absolute Gasteiger partial charge is 0.407 e. The lowest BCUT2D eigenvalue weighted by Gasteiger charge is -2.31. The molecule has 2 aromatic carbocycles. The molecule has 56 heavy (non-hydrogen) atoms. The largest absolute Gasteiger partial charge is 0.453 e. The molecule has 2 saturated heterocycles. The van der Waals surface area contributed by atoms with Crippen LogP contribution in [0.5, 0.6) is 0 Å². The minimum Gasteiger partial charge on any atom is -0.453 e. The van der Waals surface area contributed by atoms with Gasteiger partial charge in [-0.3, -0.25) is 9.59 Å². The van der Waals surface area contributed by atoms with Crippen molar-refractivity contribution in [2.45, 2.75) is 89.6 Å². The highest BCUT2D eigenvalue weighted by molar-refractivity contribution is 5.88. The Morgan fingerprint density at radius 1 is 0.607 bits per heavy atom. The van der Waals surface area contributed by atoms with Gasteiger partial charge in [0, 0.05) is 12.1 Å². The molecular weight excluding hydrogens is 713 g/mol. The summed E-state index contributed by atoms with van der Waals surface area (Å²) in [5.74, 6) is 2.01. The third-order valence-corrected chi connectivity index (χ3v) is 12.0. The number of piperidine rings is 2. The molecule has 4 amide bonds. The maximum atomic E-state index is 13.8. The molecule has 2 aliphatic heterocycles. The Labute approximate surface area is 326 Å².